The Morgan fingerprint density at radius 2 is 1.59 bits per heavy atom. The molecule has 1 N–H and O–H groups in total. The van der Waals surface area contributed by atoms with Gasteiger partial charge in [0.2, 0.25) is 0 Å². The fraction of sp³-hybridized carbons (Fsp3) is 0.444. The lowest BCUT2D eigenvalue weighted by atomic mass is 9.89. The van der Waals surface area contributed by atoms with E-state index >= 15 is 0 Å². The third-order valence-corrected chi connectivity index (χ3v) is 4.27. The van der Waals surface area contributed by atoms with Crippen LogP contribution in [0.1, 0.15) is 35.2 Å². The third kappa shape index (κ3) is 5.11. The van der Waals surface area contributed by atoms with Crippen LogP contribution in [0.5, 0.6) is 0 Å². The second-order valence-corrected chi connectivity index (χ2v) is 5.98. The minimum Gasteiger partial charge on any atom is -0.478 e. The van der Waals surface area contributed by atoms with Crippen molar-refractivity contribution in [1.29, 1.82) is 0 Å². The van der Waals surface area contributed by atoms with E-state index in [4.69, 9.17) is 5.11 Å². The molecule has 2 bridgehead atoms. The van der Waals surface area contributed by atoms with Gasteiger partial charge >= 0.3 is 5.97 Å². The number of piperidine rings is 3. The van der Waals surface area contributed by atoms with Crippen LogP contribution in [0.15, 0.2) is 36.4 Å². The molecule has 0 spiro atoms. The molecule has 4 rings (SSSR count). The lowest BCUT2D eigenvalue weighted by Crippen LogP contribution is -2.41. The Morgan fingerprint density at radius 1 is 1.05 bits per heavy atom. The molecule has 3 saturated heterocycles. The summed E-state index contributed by atoms with van der Waals surface area (Å²) in [6.45, 7) is 6.10. The predicted molar refractivity (Wildman–Crippen MR) is 86.1 cm³/mol. The first-order chi connectivity index (χ1) is 10.5. The van der Waals surface area contributed by atoms with Crippen LogP contribution in [0.2, 0.25) is 0 Å². The van der Waals surface area contributed by atoms with Crippen molar-refractivity contribution in [3.8, 4) is 0 Å². The number of nitrogens with zero attached hydrogens (tertiary/aromatic N) is 1. The van der Waals surface area contributed by atoms with Crippen LogP contribution in [0.4, 0.5) is 0 Å². The molecule has 1 aromatic rings. The molecular formula is C18H23NO3. The van der Waals surface area contributed by atoms with Crippen LogP contribution in [-0.4, -0.2) is 41.4 Å². The highest BCUT2D eigenvalue weighted by Crippen LogP contribution is 2.26. The maximum absolute atomic E-state index is 11.3. The zero-order valence-corrected chi connectivity index (χ0v) is 13.0. The SMILES string of the molecule is C1CN2CCC1CC2.Cc1ccc(C(=O)/C=C/C(=O)O)cc1. The summed E-state index contributed by atoms with van der Waals surface area (Å²) >= 11 is 0. The monoisotopic (exact) mass is 301 g/mol. The van der Waals surface area contributed by atoms with Crippen LogP contribution in [-0.2, 0) is 4.79 Å². The summed E-state index contributed by atoms with van der Waals surface area (Å²) in [5.41, 5.74) is 1.55. The van der Waals surface area contributed by atoms with E-state index in [1.807, 2.05) is 19.1 Å². The molecule has 0 aliphatic carbocycles. The van der Waals surface area contributed by atoms with Crippen LogP contribution < -0.4 is 0 Å². The van der Waals surface area contributed by atoms with Crippen LogP contribution in [0.25, 0.3) is 0 Å². The summed E-state index contributed by atoms with van der Waals surface area (Å²) in [6.07, 6.45) is 6.34. The summed E-state index contributed by atoms with van der Waals surface area (Å²) in [5, 5.41) is 8.31. The number of carbonyl (C=O) groups excluding carboxylic acids is 1. The second-order valence-electron chi connectivity index (χ2n) is 5.98. The molecule has 3 heterocycles. The zero-order chi connectivity index (χ0) is 15.9. The Bertz CT molecular complexity index is 517. The maximum Gasteiger partial charge on any atom is 0.328 e. The number of carbonyl (C=O) groups is 2. The number of carboxylic acid groups (broad SMARTS) is 1. The summed E-state index contributed by atoms with van der Waals surface area (Å²) in [6, 6.07) is 6.96. The van der Waals surface area contributed by atoms with Crippen molar-refractivity contribution in [1.82, 2.24) is 4.90 Å². The van der Waals surface area contributed by atoms with E-state index < -0.39 is 5.97 Å². The van der Waals surface area contributed by atoms with E-state index in [1.54, 1.807) is 12.1 Å². The summed E-state index contributed by atoms with van der Waals surface area (Å²) in [5.74, 6) is -0.308. The van der Waals surface area contributed by atoms with Crippen molar-refractivity contribution >= 4 is 11.8 Å². The van der Waals surface area contributed by atoms with Crippen molar-refractivity contribution in [2.75, 3.05) is 19.6 Å². The summed E-state index contributed by atoms with van der Waals surface area (Å²) in [4.78, 5) is 24.0. The largest absolute Gasteiger partial charge is 0.478 e. The van der Waals surface area contributed by atoms with Crippen molar-refractivity contribution in [3.05, 3.63) is 47.5 Å². The number of benzene rings is 1. The van der Waals surface area contributed by atoms with Gasteiger partial charge in [0.1, 0.15) is 0 Å². The Kier molecular flexibility index (Phi) is 5.90. The molecule has 4 nitrogen and oxygen atoms in total. The lowest BCUT2D eigenvalue weighted by Gasteiger charge is -2.38. The van der Waals surface area contributed by atoms with E-state index in [0.29, 0.717) is 5.56 Å². The molecule has 0 saturated carbocycles. The molecule has 0 aromatic heterocycles. The Balaban J connectivity index is 0.000000183. The first-order valence-electron chi connectivity index (χ1n) is 7.79. The minimum atomic E-state index is -1.12. The Hall–Kier alpha value is -1.94. The average Bonchev–Trinajstić information content (AvgIpc) is 2.56. The number of aryl methyl sites for hydroxylation is 1. The number of carboxylic acids is 1. The van der Waals surface area contributed by atoms with Gasteiger partial charge in [-0.3, -0.25) is 4.79 Å². The van der Waals surface area contributed by atoms with Gasteiger partial charge in [0.05, 0.1) is 0 Å². The van der Waals surface area contributed by atoms with E-state index in [-0.39, 0.29) is 5.78 Å². The Morgan fingerprint density at radius 3 is 1.95 bits per heavy atom. The van der Waals surface area contributed by atoms with Gasteiger partial charge in [0, 0.05) is 11.6 Å². The molecule has 0 amide bonds. The van der Waals surface area contributed by atoms with E-state index in [9.17, 15) is 9.59 Å². The molecular weight excluding hydrogens is 278 g/mol. The number of hydrogen-bond acceptors (Lipinski definition) is 3. The van der Waals surface area contributed by atoms with E-state index in [1.165, 1.54) is 38.9 Å². The normalized spacial score (nSPS) is 23.0. The highest BCUT2D eigenvalue weighted by Gasteiger charge is 2.24. The maximum atomic E-state index is 11.3. The quantitative estimate of drug-likeness (QED) is 0.689. The Labute approximate surface area is 131 Å². The highest BCUT2D eigenvalue weighted by molar-refractivity contribution is 6.06. The molecule has 118 valence electrons. The number of hydrogen-bond donors (Lipinski definition) is 1. The molecule has 22 heavy (non-hydrogen) atoms. The van der Waals surface area contributed by atoms with Gasteiger partial charge in [-0.1, -0.05) is 29.8 Å². The fourth-order valence-electron chi connectivity index (χ4n) is 2.82. The van der Waals surface area contributed by atoms with Crippen LogP contribution in [0.3, 0.4) is 0 Å². The zero-order valence-electron chi connectivity index (χ0n) is 13.0. The van der Waals surface area contributed by atoms with Crippen molar-refractivity contribution in [3.63, 3.8) is 0 Å². The summed E-state index contributed by atoms with van der Waals surface area (Å²) < 4.78 is 0. The molecule has 3 aliphatic rings. The first kappa shape index (κ1) is 16.4. The van der Waals surface area contributed by atoms with Crippen LogP contribution >= 0.6 is 0 Å². The average molecular weight is 301 g/mol. The second kappa shape index (κ2) is 7.90. The predicted octanol–water partition coefficient (Wildman–Crippen LogP) is 2.92. The van der Waals surface area contributed by atoms with Gasteiger partial charge in [-0.05, 0) is 57.8 Å². The van der Waals surface area contributed by atoms with Crippen molar-refractivity contribution in [2.45, 2.75) is 26.2 Å². The summed E-state index contributed by atoms with van der Waals surface area (Å²) in [7, 11) is 0. The fourth-order valence-corrected chi connectivity index (χ4v) is 2.82. The molecule has 0 radical (unpaired) electrons. The van der Waals surface area contributed by atoms with Gasteiger partial charge < -0.3 is 10.0 Å². The lowest BCUT2D eigenvalue weighted by molar-refractivity contribution is -0.131. The van der Waals surface area contributed by atoms with Gasteiger partial charge in [0.25, 0.3) is 0 Å². The van der Waals surface area contributed by atoms with Crippen molar-refractivity contribution in [2.24, 2.45) is 5.92 Å². The standard InChI is InChI=1S/C11H10O3.C7H13N/c1-8-2-4-9(5-3-8)10(12)6-7-11(13)14;1-4-8-5-2-7(1)3-6-8/h2-7H,1H3,(H,13,14);7H,1-6H2/b7-6+;. The smallest absolute Gasteiger partial charge is 0.328 e. The van der Waals surface area contributed by atoms with Gasteiger partial charge in [-0.2, -0.15) is 0 Å². The first-order valence-corrected chi connectivity index (χ1v) is 7.79. The molecule has 0 unspecified atom stereocenters. The molecule has 0 atom stereocenters. The number of allylic oxidation sites excluding steroid dienone is 1. The van der Waals surface area contributed by atoms with Crippen molar-refractivity contribution < 1.29 is 14.7 Å². The number of rotatable bonds is 3. The molecule has 3 fully saturated rings. The minimum absolute atomic E-state index is 0.299. The molecule has 1 aromatic carbocycles. The van der Waals surface area contributed by atoms with Gasteiger partial charge in [0.15, 0.2) is 5.78 Å². The third-order valence-electron chi connectivity index (χ3n) is 4.27. The van der Waals surface area contributed by atoms with E-state index in [0.717, 1.165) is 23.6 Å². The molecule has 3 aliphatic heterocycles. The number of ketones is 1. The van der Waals surface area contributed by atoms with Crippen LogP contribution in [0, 0.1) is 12.8 Å². The highest BCUT2D eigenvalue weighted by atomic mass is 16.4. The topological polar surface area (TPSA) is 57.6 Å². The van der Waals surface area contributed by atoms with E-state index in [2.05, 4.69) is 4.90 Å². The molecule has 4 heteroatoms. The number of aliphatic carboxylic acids is 1. The number of fused-ring (bicyclic) bond motifs is 3. The van der Waals surface area contributed by atoms with Gasteiger partial charge in [-0.25, -0.2) is 4.79 Å². The van der Waals surface area contributed by atoms with Gasteiger partial charge in [-0.15, -0.1) is 0 Å².